The second-order valence-electron chi connectivity index (χ2n) is 5.81. The molecule has 0 aromatic heterocycles. The Labute approximate surface area is 139 Å². The number of benzene rings is 2. The van der Waals surface area contributed by atoms with Gasteiger partial charge in [0.25, 0.3) is 11.8 Å². The molecule has 0 aliphatic carbocycles. The lowest BCUT2D eigenvalue weighted by Crippen LogP contribution is -2.39. The number of para-hydroxylation sites is 1. The summed E-state index contributed by atoms with van der Waals surface area (Å²) in [5.41, 5.74) is 2.49. The molecule has 0 N–H and O–H groups in total. The Hall–Kier alpha value is -3.02. The number of rotatable bonds is 3. The molecular weight excluding hydrogens is 304 g/mol. The molecule has 6 nitrogen and oxygen atoms in total. The molecule has 0 unspecified atom stereocenters. The number of imide groups is 1. The maximum absolute atomic E-state index is 12.9. The van der Waals surface area contributed by atoms with Crippen molar-refractivity contribution in [2.75, 3.05) is 9.91 Å². The van der Waals surface area contributed by atoms with Gasteiger partial charge in [-0.25, -0.2) is 9.91 Å². The van der Waals surface area contributed by atoms with Gasteiger partial charge < -0.3 is 0 Å². The molecule has 2 atom stereocenters. The van der Waals surface area contributed by atoms with Crippen LogP contribution in [0.25, 0.3) is 0 Å². The Bertz CT molecular complexity index is 817. The van der Waals surface area contributed by atoms with E-state index < -0.39 is 12.1 Å². The highest BCUT2D eigenvalue weighted by molar-refractivity contribution is 6.26. The van der Waals surface area contributed by atoms with Crippen molar-refractivity contribution in [1.82, 2.24) is 0 Å². The summed E-state index contributed by atoms with van der Waals surface area (Å²) in [6.45, 7) is 2.06. The highest BCUT2D eigenvalue weighted by Crippen LogP contribution is 2.34. The number of nitrogens with zero attached hydrogens (tertiary/aromatic N) is 4. The van der Waals surface area contributed by atoms with Crippen molar-refractivity contribution in [3.63, 3.8) is 0 Å². The first-order valence-electron chi connectivity index (χ1n) is 7.92. The van der Waals surface area contributed by atoms with Gasteiger partial charge in [0.2, 0.25) is 0 Å². The molecule has 6 heteroatoms. The largest absolute Gasteiger partial charge is 0.271 e. The van der Waals surface area contributed by atoms with E-state index in [1.165, 1.54) is 9.91 Å². The summed E-state index contributed by atoms with van der Waals surface area (Å²) in [5, 5.41) is 9.61. The van der Waals surface area contributed by atoms with Gasteiger partial charge in [0.1, 0.15) is 0 Å². The lowest BCUT2D eigenvalue weighted by molar-refractivity contribution is -0.121. The van der Waals surface area contributed by atoms with E-state index >= 15 is 0 Å². The summed E-state index contributed by atoms with van der Waals surface area (Å²) in [6, 6.07) is 15.3. The van der Waals surface area contributed by atoms with Crippen LogP contribution in [0.2, 0.25) is 0 Å². The normalized spacial score (nSPS) is 22.4. The number of hydrogen-bond donors (Lipinski definition) is 0. The summed E-state index contributed by atoms with van der Waals surface area (Å²) >= 11 is 0. The number of aryl methyl sites for hydroxylation is 1. The zero-order chi connectivity index (χ0) is 16.7. The smallest absolute Gasteiger partial charge is 0.263 e. The molecule has 0 spiro atoms. The standard InChI is InChI=1S/C18H16N4O2/c1-2-12-8-10-13(11-9-12)21-17(23)15-16(18(21)24)22(20-19-15)14-6-4-3-5-7-14/h3-11,15-16H,2H2,1H3/t15-,16+/m1/s1. The van der Waals surface area contributed by atoms with Crippen molar-refractivity contribution in [3.8, 4) is 0 Å². The summed E-state index contributed by atoms with van der Waals surface area (Å²) in [5.74, 6) is -0.612. The molecule has 0 radical (unpaired) electrons. The van der Waals surface area contributed by atoms with Gasteiger partial charge in [0.05, 0.1) is 11.4 Å². The van der Waals surface area contributed by atoms with Crippen LogP contribution in [-0.4, -0.2) is 23.9 Å². The predicted octanol–water partition coefficient (Wildman–Crippen LogP) is 2.75. The van der Waals surface area contributed by atoms with Crippen LogP contribution in [0.4, 0.5) is 11.4 Å². The number of carbonyl (C=O) groups is 2. The van der Waals surface area contributed by atoms with Crippen molar-refractivity contribution in [2.24, 2.45) is 10.3 Å². The van der Waals surface area contributed by atoms with E-state index in [1.54, 1.807) is 12.1 Å². The molecule has 0 saturated carbocycles. The molecule has 2 amide bonds. The average molecular weight is 320 g/mol. The summed E-state index contributed by atoms with van der Waals surface area (Å²) in [7, 11) is 0. The van der Waals surface area contributed by atoms with E-state index in [2.05, 4.69) is 17.3 Å². The first-order valence-corrected chi connectivity index (χ1v) is 7.92. The molecule has 2 aliphatic heterocycles. The number of hydrogen-bond acceptors (Lipinski definition) is 5. The highest BCUT2D eigenvalue weighted by atomic mass is 16.2. The number of anilines is 2. The van der Waals surface area contributed by atoms with Crippen LogP contribution >= 0.6 is 0 Å². The van der Waals surface area contributed by atoms with Gasteiger partial charge in [-0.15, -0.1) is 0 Å². The van der Waals surface area contributed by atoms with Crippen molar-refractivity contribution < 1.29 is 9.59 Å². The molecule has 120 valence electrons. The maximum Gasteiger partial charge on any atom is 0.263 e. The first kappa shape index (κ1) is 14.6. The molecule has 2 heterocycles. The zero-order valence-corrected chi connectivity index (χ0v) is 13.2. The fourth-order valence-electron chi connectivity index (χ4n) is 3.09. The van der Waals surface area contributed by atoms with E-state index in [9.17, 15) is 9.59 Å². The third kappa shape index (κ3) is 2.11. The van der Waals surface area contributed by atoms with Crippen molar-refractivity contribution in [2.45, 2.75) is 25.4 Å². The van der Waals surface area contributed by atoms with Gasteiger partial charge in [-0.05, 0) is 36.2 Å². The van der Waals surface area contributed by atoms with E-state index in [1.807, 2.05) is 42.5 Å². The number of fused-ring (bicyclic) bond motifs is 1. The van der Waals surface area contributed by atoms with Gasteiger partial charge in [-0.3, -0.25) is 9.59 Å². The Balaban J connectivity index is 1.67. The molecule has 2 aliphatic rings. The van der Waals surface area contributed by atoms with Crippen LogP contribution in [-0.2, 0) is 16.0 Å². The average Bonchev–Trinajstić information content (AvgIpc) is 3.17. The molecule has 2 aromatic carbocycles. The van der Waals surface area contributed by atoms with Gasteiger partial charge in [-0.2, -0.15) is 5.11 Å². The third-order valence-corrected chi connectivity index (χ3v) is 4.41. The predicted molar refractivity (Wildman–Crippen MR) is 89.7 cm³/mol. The van der Waals surface area contributed by atoms with E-state index in [4.69, 9.17) is 0 Å². The number of carbonyl (C=O) groups excluding carboxylic acids is 2. The van der Waals surface area contributed by atoms with Crippen LogP contribution in [0.5, 0.6) is 0 Å². The summed E-state index contributed by atoms with van der Waals surface area (Å²) in [6.07, 6.45) is 0.906. The lowest BCUT2D eigenvalue weighted by atomic mass is 10.1. The fraction of sp³-hybridized carbons (Fsp3) is 0.222. The van der Waals surface area contributed by atoms with Crippen molar-refractivity contribution >= 4 is 23.2 Å². The van der Waals surface area contributed by atoms with Crippen LogP contribution in [0.3, 0.4) is 0 Å². The van der Waals surface area contributed by atoms with Crippen LogP contribution < -0.4 is 9.91 Å². The Morgan fingerprint density at radius 2 is 1.62 bits per heavy atom. The second-order valence-corrected chi connectivity index (χ2v) is 5.81. The van der Waals surface area contributed by atoms with E-state index in [-0.39, 0.29) is 11.8 Å². The van der Waals surface area contributed by atoms with Gasteiger partial charge in [-0.1, -0.05) is 42.5 Å². The minimum absolute atomic E-state index is 0.289. The quantitative estimate of drug-likeness (QED) is 0.817. The van der Waals surface area contributed by atoms with Crippen LogP contribution in [0, 0.1) is 0 Å². The third-order valence-electron chi connectivity index (χ3n) is 4.41. The molecule has 2 aromatic rings. The van der Waals surface area contributed by atoms with Gasteiger partial charge in [0.15, 0.2) is 12.1 Å². The number of amides is 2. The topological polar surface area (TPSA) is 65.3 Å². The van der Waals surface area contributed by atoms with Crippen molar-refractivity contribution in [3.05, 3.63) is 60.2 Å². The minimum Gasteiger partial charge on any atom is -0.271 e. The zero-order valence-electron chi connectivity index (χ0n) is 13.2. The Morgan fingerprint density at radius 3 is 2.29 bits per heavy atom. The summed E-state index contributed by atoms with van der Waals surface area (Å²) in [4.78, 5) is 26.8. The van der Waals surface area contributed by atoms with Crippen LogP contribution in [0.15, 0.2) is 64.9 Å². The molecule has 1 saturated heterocycles. The Kier molecular flexibility index (Phi) is 3.37. The van der Waals surface area contributed by atoms with E-state index in [0.29, 0.717) is 5.69 Å². The molecule has 4 rings (SSSR count). The Morgan fingerprint density at radius 1 is 0.917 bits per heavy atom. The molecule has 1 fully saturated rings. The first-order chi connectivity index (χ1) is 11.7. The molecule has 0 bridgehead atoms. The molecule has 24 heavy (non-hydrogen) atoms. The van der Waals surface area contributed by atoms with Gasteiger partial charge >= 0.3 is 0 Å². The van der Waals surface area contributed by atoms with E-state index in [0.717, 1.165) is 17.7 Å². The van der Waals surface area contributed by atoms with Crippen LogP contribution in [0.1, 0.15) is 12.5 Å². The fourth-order valence-corrected chi connectivity index (χ4v) is 3.09. The monoisotopic (exact) mass is 320 g/mol. The SMILES string of the molecule is CCc1ccc(N2C(=O)[C@@H]3[C@@H](N=NN3c3ccccc3)C2=O)cc1. The molecular formula is C18H16N4O2. The maximum atomic E-state index is 12.9. The highest BCUT2D eigenvalue weighted by Gasteiger charge is 2.55. The lowest BCUT2D eigenvalue weighted by Gasteiger charge is -2.20. The van der Waals surface area contributed by atoms with Crippen molar-refractivity contribution in [1.29, 1.82) is 0 Å². The minimum atomic E-state index is -0.774. The summed E-state index contributed by atoms with van der Waals surface area (Å²) < 4.78 is 0. The second kappa shape index (κ2) is 5.56. The van der Waals surface area contributed by atoms with Gasteiger partial charge in [0, 0.05) is 0 Å².